The van der Waals surface area contributed by atoms with E-state index in [0.29, 0.717) is 34.8 Å². The molecule has 7 heteroatoms. The van der Waals surface area contributed by atoms with Crippen molar-refractivity contribution in [1.82, 2.24) is 24.1 Å². The number of hydrogen-bond donors (Lipinski definition) is 0. The first-order valence-electron chi connectivity index (χ1n) is 8.90. The van der Waals surface area contributed by atoms with Gasteiger partial charge in [-0.3, -0.25) is 9.20 Å². The average molecular weight is 349 g/mol. The molecular formula is C19H19N5O2. The Kier molecular flexibility index (Phi) is 3.10. The summed E-state index contributed by atoms with van der Waals surface area (Å²) in [6.07, 6.45) is 2.73. The Morgan fingerprint density at radius 2 is 1.96 bits per heavy atom. The lowest BCUT2D eigenvalue weighted by Crippen LogP contribution is -2.24. The predicted molar refractivity (Wildman–Crippen MR) is 97.2 cm³/mol. The predicted octanol–water partition coefficient (Wildman–Crippen LogP) is 3.40. The first kappa shape index (κ1) is 15.3. The lowest BCUT2D eigenvalue weighted by Gasteiger charge is -2.15. The van der Waals surface area contributed by atoms with E-state index in [4.69, 9.17) is 4.52 Å². The minimum absolute atomic E-state index is 0.0192. The molecule has 0 radical (unpaired) electrons. The molecule has 1 aliphatic carbocycles. The Labute approximate surface area is 149 Å². The molecular weight excluding hydrogens is 330 g/mol. The molecule has 4 aromatic rings. The van der Waals surface area contributed by atoms with Crippen molar-refractivity contribution in [1.29, 1.82) is 0 Å². The van der Waals surface area contributed by atoms with Crippen LogP contribution in [0.4, 0.5) is 0 Å². The molecule has 1 saturated carbocycles. The summed E-state index contributed by atoms with van der Waals surface area (Å²) in [5, 5.41) is 4.10. The van der Waals surface area contributed by atoms with E-state index in [9.17, 15) is 4.79 Å². The molecule has 3 aromatic heterocycles. The Balaban J connectivity index is 1.80. The van der Waals surface area contributed by atoms with Gasteiger partial charge in [-0.25, -0.2) is 4.98 Å². The highest BCUT2D eigenvalue weighted by Crippen LogP contribution is 2.45. The summed E-state index contributed by atoms with van der Waals surface area (Å²) in [5.41, 5.74) is 2.61. The summed E-state index contributed by atoms with van der Waals surface area (Å²) < 4.78 is 9.05. The third-order valence-corrected chi connectivity index (χ3v) is 5.19. The molecule has 0 saturated heterocycles. The van der Waals surface area contributed by atoms with Gasteiger partial charge in [0, 0.05) is 12.0 Å². The van der Waals surface area contributed by atoms with Crippen LogP contribution in [0.3, 0.4) is 0 Å². The third-order valence-electron chi connectivity index (χ3n) is 5.19. The molecule has 0 bridgehead atoms. The van der Waals surface area contributed by atoms with E-state index in [0.717, 1.165) is 17.5 Å². The Hall–Kier alpha value is -2.96. The van der Waals surface area contributed by atoms with Crippen LogP contribution in [0.5, 0.6) is 0 Å². The number of imidazole rings is 1. The van der Waals surface area contributed by atoms with Crippen LogP contribution in [0.25, 0.3) is 28.1 Å². The third kappa shape index (κ3) is 2.06. The van der Waals surface area contributed by atoms with E-state index in [1.165, 1.54) is 0 Å². The van der Waals surface area contributed by atoms with E-state index >= 15 is 0 Å². The molecule has 3 heterocycles. The number of fused-ring (bicyclic) bond motifs is 3. The minimum Gasteiger partial charge on any atom is -0.332 e. The van der Waals surface area contributed by atoms with Gasteiger partial charge in [-0.15, -0.1) is 0 Å². The maximum Gasteiger partial charge on any atom is 0.278 e. The van der Waals surface area contributed by atoms with Gasteiger partial charge in [0.25, 0.3) is 11.4 Å². The fourth-order valence-electron chi connectivity index (χ4n) is 3.66. The van der Waals surface area contributed by atoms with Crippen molar-refractivity contribution in [2.24, 2.45) is 5.92 Å². The molecule has 0 amide bonds. The smallest absolute Gasteiger partial charge is 0.278 e. The molecule has 1 fully saturated rings. The summed E-state index contributed by atoms with van der Waals surface area (Å²) in [6, 6.07) is 7.85. The fourth-order valence-corrected chi connectivity index (χ4v) is 3.66. The van der Waals surface area contributed by atoms with Gasteiger partial charge in [0.15, 0.2) is 11.5 Å². The summed E-state index contributed by atoms with van der Waals surface area (Å²) in [5.74, 6) is 1.96. The molecule has 0 aliphatic heterocycles. The second-order valence-corrected chi connectivity index (χ2v) is 7.35. The molecule has 7 nitrogen and oxygen atoms in total. The zero-order valence-corrected chi connectivity index (χ0v) is 14.9. The molecule has 1 aromatic carbocycles. The van der Waals surface area contributed by atoms with Gasteiger partial charge in [0.1, 0.15) is 11.8 Å². The van der Waals surface area contributed by atoms with E-state index in [-0.39, 0.29) is 11.6 Å². The van der Waals surface area contributed by atoms with Crippen molar-refractivity contribution in [3.05, 3.63) is 46.8 Å². The normalized spacial score (nSPS) is 19.7. The second kappa shape index (κ2) is 5.27. The lowest BCUT2D eigenvalue weighted by molar-refractivity contribution is 0.421. The molecule has 132 valence electrons. The van der Waals surface area contributed by atoms with Crippen LogP contribution in [-0.4, -0.2) is 24.1 Å². The molecule has 1 aliphatic rings. The Bertz CT molecular complexity index is 1200. The van der Waals surface area contributed by atoms with Crippen LogP contribution in [0.15, 0.2) is 39.9 Å². The quantitative estimate of drug-likeness (QED) is 0.566. The van der Waals surface area contributed by atoms with E-state index in [2.05, 4.69) is 22.0 Å². The van der Waals surface area contributed by atoms with Crippen molar-refractivity contribution in [2.75, 3.05) is 0 Å². The summed E-state index contributed by atoms with van der Waals surface area (Å²) in [4.78, 5) is 22.2. The van der Waals surface area contributed by atoms with Gasteiger partial charge in [0.05, 0.1) is 11.0 Å². The van der Waals surface area contributed by atoms with Gasteiger partial charge in [-0.1, -0.05) is 24.2 Å². The van der Waals surface area contributed by atoms with Gasteiger partial charge < -0.3 is 9.09 Å². The molecule has 0 N–H and O–H groups in total. The Morgan fingerprint density at radius 3 is 2.65 bits per heavy atom. The zero-order valence-electron chi connectivity index (χ0n) is 14.9. The fraction of sp³-hybridized carbons (Fsp3) is 0.368. The van der Waals surface area contributed by atoms with Crippen molar-refractivity contribution >= 4 is 16.6 Å². The topological polar surface area (TPSA) is 78.2 Å². The van der Waals surface area contributed by atoms with E-state index in [1.807, 2.05) is 42.5 Å². The largest absolute Gasteiger partial charge is 0.332 e. The molecule has 2 unspecified atom stereocenters. The van der Waals surface area contributed by atoms with Crippen LogP contribution in [0.1, 0.15) is 45.0 Å². The summed E-state index contributed by atoms with van der Waals surface area (Å²) in [7, 11) is 0. The SMILES string of the molecule is CC1CC1c1noc(-c2ncn3c2c(=O)n(C(C)C)c2ccccc23)n1. The highest BCUT2D eigenvalue weighted by molar-refractivity contribution is 5.83. The maximum atomic E-state index is 13.3. The average Bonchev–Trinajstić information content (AvgIpc) is 3.03. The highest BCUT2D eigenvalue weighted by Gasteiger charge is 2.38. The van der Waals surface area contributed by atoms with Crippen molar-refractivity contribution in [3.63, 3.8) is 0 Å². The van der Waals surface area contributed by atoms with Gasteiger partial charge >= 0.3 is 0 Å². The maximum absolute atomic E-state index is 13.3. The molecule has 26 heavy (non-hydrogen) atoms. The van der Waals surface area contributed by atoms with Gasteiger partial charge in [-0.05, 0) is 38.3 Å². The summed E-state index contributed by atoms with van der Waals surface area (Å²) >= 11 is 0. The summed E-state index contributed by atoms with van der Waals surface area (Å²) in [6.45, 7) is 6.17. The molecule has 5 rings (SSSR count). The van der Waals surface area contributed by atoms with Crippen molar-refractivity contribution in [2.45, 2.75) is 39.2 Å². The van der Waals surface area contributed by atoms with Crippen molar-refractivity contribution in [3.8, 4) is 11.6 Å². The van der Waals surface area contributed by atoms with Gasteiger partial charge in [-0.2, -0.15) is 4.98 Å². The van der Waals surface area contributed by atoms with Crippen molar-refractivity contribution < 1.29 is 4.52 Å². The first-order valence-corrected chi connectivity index (χ1v) is 8.90. The monoisotopic (exact) mass is 349 g/mol. The van der Waals surface area contributed by atoms with Crippen LogP contribution in [-0.2, 0) is 0 Å². The first-order chi connectivity index (χ1) is 12.6. The second-order valence-electron chi connectivity index (χ2n) is 7.35. The van der Waals surface area contributed by atoms with Crippen LogP contribution >= 0.6 is 0 Å². The molecule has 2 atom stereocenters. The van der Waals surface area contributed by atoms with Crippen LogP contribution < -0.4 is 5.56 Å². The van der Waals surface area contributed by atoms with E-state index < -0.39 is 0 Å². The van der Waals surface area contributed by atoms with E-state index in [1.54, 1.807) is 10.9 Å². The zero-order chi connectivity index (χ0) is 18.0. The number of rotatable bonds is 3. The van der Waals surface area contributed by atoms with Crippen LogP contribution in [0, 0.1) is 5.92 Å². The lowest BCUT2D eigenvalue weighted by atomic mass is 10.2. The number of para-hydroxylation sites is 2. The standard InChI is InChI=1S/C19H19N5O2/c1-10(2)24-14-7-5-4-6-13(14)23-9-20-15(16(23)19(24)25)18-21-17(22-26-18)12-8-11(12)3/h4-7,9-12H,8H2,1-3H3. The number of nitrogens with zero attached hydrogens (tertiary/aromatic N) is 5. The number of hydrogen-bond acceptors (Lipinski definition) is 5. The Morgan fingerprint density at radius 1 is 1.23 bits per heavy atom. The number of benzene rings is 1. The number of aromatic nitrogens is 5. The minimum atomic E-state index is -0.106. The highest BCUT2D eigenvalue weighted by atomic mass is 16.5. The van der Waals surface area contributed by atoms with Crippen LogP contribution in [0.2, 0.25) is 0 Å². The van der Waals surface area contributed by atoms with Gasteiger partial charge in [0.2, 0.25) is 0 Å². The molecule has 0 spiro atoms.